The molecule has 0 bridgehead atoms. The highest BCUT2D eigenvalue weighted by Gasteiger charge is 2.15. The Morgan fingerprint density at radius 1 is 0.852 bits per heavy atom. The van der Waals surface area contributed by atoms with Crippen molar-refractivity contribution in [3.8, 4) is 17.1 Å². The van der Waals surface area contributed by atoms with Crippen LogP contribution in [-0.4, -0.2) is 14.9 Å². The summed E-state index contributed by atoms with van der Waals surface area (Å²) in [4.78, 5) is 18.4. The molecule has 0 atom stereocenters. The molecule has 0 aliphatic rings. The molecule has 0 radical (unpaired) electrons. The van der Waals surface area contributed by atoms with Gasteiger partial charge in [-0.05, 0) is 16.5 Å². The first-order chi connectivity index (χ1) is 13.1. The fourth-order valence-electron chi connectivity index (χ4n) is 3.57. The first kappa shape index (κ1) is 15.3. The number of aromatic nitrogens is 2. The zero-order valence-electron chi connectivity index (χ0n) is 14.0. The number of nitro benzene ring substituents is 1. The Kier molecular flexibility index (Phi) is 3.14. The zero-order chi connectivity index (χ0) is 18.5. The molecule has 0 saturated heterocycles. The number of nitrogens with one attached hydrogen (secondary N) is 1. The van der Waals surface area contributed by atoms with Gasteiger partial charge in [0.25, 0.3) is 5.69 Å². The molecule has 0 fully saturated rings. The van der Waals surface area contributed by atoms with Crippen molar-refractivity contribution in [3.63, 3.8) is 0 Å². The van der Waals surface area contributed by atoms with Gasteiger partial charge in [-0.3, -0.25) is 10.1 Å². The zero-order valence-corrected chi connectivity index (χ0v) is 14.0. The predicted octanol–water partition coefficient (Wildman–Crippen LogP) is 4.52. The van der Waals surface area contributed by atoms with Crippen molar-refractivity contribution in [2.75, 3.05) is 0 Å². The van der Waals surface area contributed by atoms with Crippen LogP contribution in [0, 0.1) is 10.1 Å². The van der Waals surface area contributed by atoms with Crippen molar-refractivity contribution in [2.45, 2.75) is 0 Å². The molecular formula is C21H12N3O3-. The van der Waals surface area contributed by atoms with E-state index in [0.29, 0.717) is 11.4 Å². The minimum atomic E-state index is -0.667. The van der Waals surface area contributed by atoms with Crippen LogP contribution in [0.4, 0.5) is 5.69 Å². The highest BCUT2D eigenvalue weighted by Crippen LogP contribution is 2.36. The van der Waals surface area contributed by atoms with Crippen LogP contribution in [0.2, 0.25) is 0 Å². The van der Waals surface area contributed by atoms with E-state index in [4.69, 9.17) is 4.98 Å². The van der Waals surface area contributed by atoms with Gasteiger partial charge in [0.2, 0.25) is 0 Å². The molecule has 0 spiro atoms. The van der Waals surface area contributed by atoms with Crippen LogP contribution in [0.1, 0.15) is 0 Å². The van der Waals surface area contributed by atoms with Crippen molar-refractivity contribution in [1.82, 2.24) is 9.97 Å². The van der Waals surface area contributed by atoms with Crippen molar-refractivity contribution < 1.29 is 10.0 Å². The summed E-state index contributed by atoms with van der Waals surface area (Å²) in [6, 6.07) is 20.1. The van der Waals surface area contributed by atoms with Gasteiger partial charge in [0.05, 0.1) is 16.0 Å². The smallest absolute Gasteiger partial charge is 0.262 e. The summed E-state index contributed by atoms with van der Waals surface area (Å²) in [5, 5.41) is 27.0. The predicted molar refractivity (Wildman–Crippen MR) is 103 cm³/mol. The van der Waals surface area contributed by atoms with E-state index in [0.717, 1.165) is 32.6 Å². The van der Waals surface area contributed by atoms with E-state index < -0.39 is 16.4 Å². The third-order valence-electron chi connectivity index (χ3n) is 4.80. The maximum Gasteiger partial charge on any atom is 0.262 e. The van der Waals surface area contributed by atoms with Crippen LogP contribution >= 0.6 is 0 Å². The molecule has 0 unspecified atom stereocenters. The number of aromatic amines is 1. The third kappa shape index (κ3) is 2.23. The highest BCUT2D eigenvalue weighted by molar-refractivity contribution is 6.23. The molecule has 1 aromatic heterocycles. The third-order valence-corrected chi connectivity index (χ3v) is 4.80. The van der Waals surface area contributed by atoms with E-state index in [1.165, 1.54) is 12.1 Å². The molecular weight excluding hydrogens is 342 g/mol. The summed E-state index contributed by atoms with van der Waals surface area (Å²) in [7, 11) is 0. The molecule has 0 aliphatic heterocycles. The number of hydrogen-bond acceptors (Lipinski definition) is 4. The van der Waals surface area contributed by atoms with Gasteiger partial charge in [0, 0.05) is 22.4 Å². The SMILES string of the molecule is O=[N+]([O-])c1cc(-c2nc3c4ccccc4c4ccccc4c3[nH]2)ccc1[O-]. The van der Waals surface area contributed by atoms with Gasteiger partial charge in [-0.1, -0.05) is 60.7 Å². The number of H-pyrrole nitrogens is 1. The molecule has 27 heavy (non-hydrogen) atoms. The molecule has 130 valence electrons. The van der Waals surface area contributed by atoms with Gasteiger partial charge >= 0.3 is 0 Å². The molecule has 0 saturated carbocycles. The maximum atomic E-state index is 11.7. The second-order valence-electron chi connectivity index (χ2n) is 6.34. The molecule has 0 aliphatic carbocycles. The molecule has 1 N–H and O–H groups in total. The number of imidazole rings is 1. The molecule has 0 amide bonds. The summed E-state index contributed by atoms with van der Waals surface area (Å²) < 4.78 is 0. The Morgan fingerprint density at radius 2 is 1.48 bits per heavy atom. The Morgan fingerprint density at radius 3 is 2.19 bits per heavy atom. The van der Waals surface area contributed by atoms with Crippen LogP contribution in [0.3, 0.4) is 0 Å². The molecule has 4 aromatic carbocycles. The number of benzene rings is 4. The van der Waals surface area contributed by atoms with Crippen LogP contribution < -0.4 is 5.11 Å². The average molecular weight is 354 g/mol. The van der Waals surface area contributed by atoms with Crippen molar-refractivity contribution in [3.05, 3.63) is 76.8 Å². The van der Waals surface area contributed by atoms with Gasteiger partial charge in [-0.15, -0.1) is 0 Å². The largest absolute Gasteiger partial charge is 0.868 e. The first-order valence-electron chi connectivity index (χ1n) is 8.38. The molecule has 5 aromatic rings. The van der Waals surface area contributed by atoms with Gasteiger partial charge in [0.15, 0.2) is 0 Å². The fourth-order valence-corrected chi connectivity index (χ4v) is 3.57. The summed E-state index contributed by atoms with van der Waals surface area (Å²) in [6.45, 7) is 0. The maximum absolute atomic E-state index is 11.7. The number of nitro groups is 1. The molecule has 5 rings (SSSR count). The number of rotatable bonds is 2. The van der Waals surface area contributed by atoms with Crippen LogP contribution in [0.15, 0.2) is 66.7 Å². The number of nitrogens with zero attached hydrogens (tertiary/aromatic N) is 2. The van der Waals surface area contributed by atoms with E-state index in [1.807, 2.05) is 36.4 Å². The monoisotopic (exact) mass is 354 g/mol. The topological polar surface area (TPSA) is 94.9 Å². The van der Waals surface area contributed by atoms with E-state index >= 15 is 0 Å². The lowest BCUT2D eigenvalue weighted by Crippen LogP contribution is -1.98. The van der Waals surface area contributed by atoms with E-state index in [1.54, 1.807) is 6.07 Å². The van der Waals surface area contributed by atoms with Crippen molar-refractivity contribution in [2.24, 2.45) is 0 Å². The van der Waals surface area contributed by atoms with Crippen molar-refractivity contribution >= 4 is 38.3 Å². The van der Waals surface area contributed by atoms with Gasteiger partial charge in [0.1, 0.15) is 5.82 Å². The van der Waals surface area contributed by atoms with Crippen LogP contribution in [-0.2, 0) is 0 Å². The Labute approximate surface area is 152 Å². The lowest BCUT2D eigenvalue weighted by Gasteiger charge is -2.06. The Bertz CT molecular complexity index is 1300. The van der Waals surface area contributed by atoms with Crippen LogP contribution in [0.25, 0.3) is 44.0 Å². The fraction of sp³-hybridized carbons (Fsp3) is 0. The molecule has 6 nitrogen and oxygen atoms in total. The van der Waals surface area contributed by atoms with Crippen molar-refractivity contribution in [1.29, 1.82) is 0 Å². The summed E-state index contributed by atoms with van der Waals surface area (Å²) in [5.74, 6) is -0.120. The Balaban J connectivity index is 1.87. The van der Waals surface area contributed by atoms with Gasteiger partial charge in [-0.25, -0.2) is 4.98 Å². The van der Waals surface area contributed by atoms with E-state index in [2.05, 4.69) is 17.1 Å². The molecule has 1 heterocycles. The quantitative estimate of drug-likeness (QED) is 0.286. The first-order valence-corrected chi connectivity index (χ1v) is 8.38. The minimum absolute atomic E-state index is 0.456. The highest BCUT2D eigenvalue weighted by atomic mass is 16.6. The second kappa shape index (κ2) is 5.54. The van der Waals surface area contributed by atoms with E-state index in [9.17, 15) is 15.2 Å². The lowest BCUT2D eigenvalue weighted by atomic mass is 10.0. The lowest BCUT2D eigenvalue weighted by molar-refractivity contribution is -0.398. The van der Waals surface area contributed by atoms with Gasteiger partial charge < -0.3 is 10.1 Å². The Hall–Kier alpha value is -3.93. The summed E-state index contributed by atoms with van der Waals surface area (Å²) in [6.07, 6.45) is 0. The van der Waals surface area contributed by atoms with Crippen LogP contribution in [0.5, 0.6) is 5.75 Å². The van der Waals surface area contributed by atoms with E-state index in [-0.39, 0.29) is 0 Å². The standard InChI is InChI=1S/C21H13N3O3/c25-18-10-9-12(11-17(18)24(26)27)21-22-19-15-7-3-1-5-13(15)14-6-2-4-8-16(14)20(19)23-21/h1-11,25H,(H,22,23)/p-1. The average Bonchev–Trinajstić information content (AvgIpc) is 3.14. The second-order valence-corrected chi connectivity index (χ2v) is 6.34. The minimum Gasteiger partial charge on any atom is -0.868 e. The summed E-state index contributed by atoms with van der Waals surface area (Å²) >= 11 is 0. The summed E-state index contributed by atoms with van der Waals surface area (Å²) in [5.41, 5.74) is 1.72. The molecule has 6 heteroatoms. The number of hydrogen-bond donors (Lipinski definition) is 1. The van der Waals surface area contributed by atoms with Gasteiger partial charge in [-0.2, -0.15) is 0 Å². The number of fused-ring (bicyclic) bond motifs is 6. The normalized spacial score (nSPS) is 11.4.